The second-order valence-electron chi connectivity index (χ2n) is 4.67. The number of ether oxygens (including phenoxy) is 1. The van der Waals surface area contributed by atoms with E-state index in [0.29, 0.717) is 29.2 Å². The fraction of sp³-hybridized carbons (Fsp3) is 0.188. The molecule has 0 aliphatic heterocycles. The van der Waals surface area contributed by atoms with Crippen LogP contribution in [0.1, 0.15) is 22.8 Å². The highest BCUT2D eigenvalue weighted by Gasteiger charge is 2.11. The second kappa shape index (κ2) is 6.71. The molecule has 0 unspecified atom stereocenters. The number of anilines is 1. The van der Waals surface area contributed by atoms with E-state index in [1.54, 1.807) is 31.2 Å². The lowest BCUT2D eigenvalue weighted by atomic mass is 10.1. The fourth-order valence-corrected chi connectivity index (χ4v) is 1.97. The van der Waals surface area contributed by atoms with Gasteiger partial charge >= 0.3 is 0 Å². The van der Waals surface area contributed by atoms with Crippen LogP contribution < -0.4 is 10.1 Å². The second-order valence-corrected chi connectivity index (χ2v) is 4.67. The molecule has 6 heteroatoms. The average molecular weight is 300 g/mol. The van der Waals surface area contributed by atoms with Crippen LogP contribution in [0, 0.1) is 17.0 Å². The molecule has 22 heavy (non-hydrogen) atoms. The van der Waals surface area contributed by atoms with E-state index >= 15 is 0 Å². The Kier molecular flexibility index (Phi) is 4.73. The van der Waals surface area contributed by atoms with Crippen molar-refractivity contribution in [3.8, 4) is 5.75 Å². The maximum Gasteiger partial charge on any atom is 0.269 e. The highest BCUT2D eigenvalue weighted by molar-refractivity contribution is 6.04. The molecule has 6 nitrogen and oxygen atoms in total. The van der Waals surface area contributed by atoms with Gasteiger partial charge in [0.05, 0.1) is 11.5 Å². The van der Waals surface area contributed by atoms with Gasteiger partial charge in [-0.1, -0.05) is 0 Å². The first kappa shape index (κ1) is 15.5. The molecule has 0 aliphatic carbocycles. The summed E-state index contributed by atoms with van der Waals surface area (Å²) in [5.74, 6) is 0.422. The summed E-state index contributed by atoms with van der Waals surface area (Å²) < 4.78 is 5.32. The summed E-state index contributed by atoms with van der Waals surface area (Å²) in [6, 6.07) is 11.1. The largest absolute Gasteiger partial charge is 0.494 e. The van der Waals surface area contributed by atoms with Crippen molar-refractivity contribution >= 4 is 17.3 Å². The summed E-state index contributed by atoms with van der Waals surface area (Å²) in [6.07, 6.45) is 0. The Hall–Kier alpha value is -2.89. The first-order valence-corrected chi connectivity index (χ1v) is 6.80. The Morgan fingerprint density at radius 3 is 2.45 bits per heavy atom. The number of hydrogen-bond donors (Lipinski definition) is 1. The van der Waals surface area contributed by atoms with E-state index in [0.717, 1.165) is 0 Å². The zero-order valence-electron chi connectivity index (χ0n) is 12.3. The zero-order chi connectivity index (χ0) is 16.1. The van der Waals surface area contributed by atoms with Gasteiger partial charge in [0.25, 0.3) is 11.6 Å². The van der Waals surface area contributed by atoms with Crippen LogP contribution in [-0.2, 0) is 0 Å². The van der Waals surface area contributed by atoms with Gasteiger partial charge in [-0.2, -0.15) is 0 Å². The minimum absolute atomic E-state index is 0.00318. The number of benzene rings is 2. The molecule has 0 bridgehead atoms. The Morgan fingerprint density at radius 2 is 1.91 bits per heavy atom. The van der Waals surface area contributed by atoms with Crippen LogP contribution in [0.25, 0.3) is 0 Å². The van der Waals surface area contributed by atoms with Gasteiger partial charge in [0.2, 0.25) is 0 Å². The lowest BCUT2D eigenvalue weighted by Gasteiger charge is -2.09. The number of carbonyl (C=O) groups is 1. The maximum atomic E-state index is 12.2. The van der Waals surface area contributed by atoms with Crippen LogP contribution in [0.5, 0.6) is 5.75 Å². The van der Waals surface area contributed by atoms with Crippen LogP contribution in [0.2, 0.25) is 0 Å². The van der Waals surface area contributed by atoms with Gasteiger partial charge in [-0.25, -0.2) is 0 Å². The number of nitro benzene ring substituents is 1. The highest BCUT2D eigenvalue weighted by atomic mass is 16.6. The molecule has 0 saturated carbocycles. The number of aryl methyl sites for hydroxylation is 1. The van der Waals surface area contributed by atoms with Gasteiger partial charge in [0.1, 0.15) is 5.75 Å². The average Bonchev–Trinajstić information content (AvgIpc) is 2.50. The third kappa shape index (κ3) is 3.60. The Bertz CT molecular complexity index is 696. The number of nitro groups is 1. The SMILES string of the molecule is CCOc1ccc(C(=O)Nc2ccc([N+](=O)[O-])cc2C)cc1. The predicted octanol–water partition coefficient (Wildman–Crippen LogP) is 3.55. The summed E-state index contributed by atoms with van der Waals surface area (Å²) in [6.45, 7) is 4.16. The van der Waals surface area contributed by atoms with Crippen molar-refractivity contribution < 1.29 is 14.5 Å². The van der Waals surface area contributed by atoms with E-state index in [9.17, 15) is 14.9 Å². The van der Waals surface area contributed by atoms with Crippen LogP contribution in [0.4, 0.5) is 11.4 Å². The summed E-state index contributed by atoms with van der Waals surface area (Å²) in [5.41, 5.74) is 1.66. The van der Waals surface area contributed by atoms with Crippen LogP contribution in [0.15, 0.2) is 42.5 Å². The van der Waals surface area contributed by atoms with Gasteiger partial charge in [-0.15, -0.1) is 0 Å². The molecule has 0 aliphatic rings. The van der Waals surface area contributed by atoms with Gasteiger partial charge in [-0.3, -0.25) is 14.9 Å². The smallest absolute Gasteiger partial charge is 0.269 e. The van der Waals surface area contributed by atoms with Crippen molar-refractivity contribution in [3.63, 3.8) is 0 Å². The first-order chi connectivity index (χ1) is 10.5. The predicted molar refractivity (Wildman–Crippen MR) is 83.4 cm³/mol. The summed E-state index contributed by atoms with van der Waals surface area (Å²) in [7, 11) is 0. The van der Waals surface area contributed by atoms with Crippen molar-refractivity contribution in [2.45, 2.75) is 13.8 Å². The summed E-state index contributed by atoms with van der Waals surface area (Å²) in [4.78, 5) is 22.4. The molecule has 2 rings (SSSR count). The van der Waals surface area contributed by atoms with Crippen molar-refractivity contribution in [2.24, 2.45) is 0 Å². The molecular formula is C16H16N2O4. The summed E-state index contributed by atoms with van der Waals surface area (Å²) >= 11 is 0. The summed E-state index contributed by atoms with van der Waals surface area (Å²) in [5, 5.41) is 13.4. The molecule has 2 aromatic rings. The van der Waals surface area contributed by atoms with Crippen molar-refractivity contribution in [1.82, 2.24) is 0 Å². The highest BCUT2D eigenvalue weighted by Crippen LogP contribution is 2.22. The number of nitrogens with zero attached hydrogens (tertiary/aromatic N) is 1. The van der Waals surface area contributed by atoms with E-state index in [1.165, 1.54) is 18.2 Å². The van der Waals surface area contributed by atoms with Gasteiger partial charge in [0.15, 0.2) is 0 Å². The molecule has 0 atom stereocenters. The van der Waals surface area contributed by atoms with Crippen LogP contribution in [-0.4, -0.2) is 17.4 Å². The van der Waals surface area contributed by atoms with Gasteiger partial charge in [0, 0.05) is 23.4 Å². The van der Waals surface area contributed by atoms with E-state index in [4.69, 9.17) is 4.74 Å². The monoisotopic (exact) mass is 300 g/mol. The van der Waals surface area contributed by atoms with E-state index in [2.05, 4.69) is 5.32 Å². The Labute approximate surface area is 127 Å². The minimum atomic E-state index is -0.467. The third-order valence-electron chi connectivity index (χ3n) is 3.10. The van der Waals surface area contributed by atoms with Gasteiger partial charge < -0.3 is 10.1 Å². The van der Waals surface area contributed by atoms with E-state index in [1.807, 2.05) is 6.92 Å². The molecule has 1 N–H and O–H groups in total. The number of rotatable bonds is 5. The quantitative estimate of drug-likeness (QED) is 0.676. The maximum absolute atomic E-state index is 12.2. The normalized spacial score (nSPS) is 10.1. The van der Waals surface area contributed by atoms with E-state index < -0.39 is 4.92 Å². The molecule has 2 aromatic carbocycles. The van der Waals surface area contributed by atoms with Crippen molar-refractivity contribution in [2.75, 3.05) is 11.9 Å². The molecule has 114 valence electrons. The zero-order valence-corrected chi connectivity index (χ0v) is 12.3. The minimum Gasteiger partial charge on any atom is -0.494 e. The van der Waals surface area contributed by atoms with Crippen molar-refractivity contribution in [1.29, 1.82) is 0 Å². The molecule has 0 spiro atoms. The van der Waals surface area contributed by atoms with Crippen molar-refractivity contribution in [3.05, 3.63) is 63.7 Å². The Balaban J connectivity index is 2.13. The molecule has 0 saturated heterocycles. The molecule has 0 heterocycles. The first-order valence-electron chi connectivity index (χ1n) is 6.80. The molecular weight excluding hydrogens is 284 g/mol. The number of nitrogens with one attached hydrogen (secondary N) is 1. The molecule has 0 aromatic heterocycles. The lowest BCUT2D eigenvalue weighted by Crippen LogP contribution is -2.12. The fourth-order valence-electron chi connectivity index (χ4n) is 1.97. The standard InChI is InChI=1S/C16H16N2O4/c1-3-22-14-7-4-12(5-8-14)16(19)17-15-9-6-13(18(20)21)10-11(15)2/h4-10H,3H2,1-2H3,(H,17,19). The number of non-ortho nitro benzene ring substituents is 1. The number of carbonyl (C=O) groups excluding carboxylic acids is 1. The van der Waals surface area contributed by atoms with Crippen LogP contribution in [0.3, 0.4) is 0 Å². The Morgan fingerprint density at radius 1 is 1.23 bits per heavy atom. The third-order valence-corrected chi connectivity index (χ3v) is 3.10. The topological polar surface area (TPSA) is 81.5 Å². The number of hydrogen-bond acceptors (Lipinski definition) is 4. The lowest BCUT2D eigenvalue weighted by molar-refractivity contribution is -0.384. The molecule has 0 fully saturated rings. The molecule has 0 radical (unpaired) electrons. The van der Waals surface area contributed by atoms with Crippen LogP contribution >= 0.6 is 0 Å². The van der Waals surface area contributed by atoms with Gasteiger partial charge in [-0.05, 0) is 49.7 Å². The number of amides is 1. The van der Waals surface area contributed by atoms with E-state index in [-0.39, 0.29) is 11.6 Å². The molecule has 1 amide bonds.